The minimum atomic E-state index is -4.64. The van der Waals surface area contributed by atoms with Gasteiger partial charge in [-0.05, 0) is 96.3 Å². The van der Waals surface area contributed by atoms with E-state index in [1.165, 1.54) is 167 Å². The van der Waals surface area contributed by atoms with E-state index in [1.807, 2.05) is 21.1 Å². The molecule has 9 nitrogen and oxygen atoms in total. The molecule has 0 fully saturated rings. The van der Waals surface area contributed by atoms with Crippen LogP contribution < -0.4 is 4.89 Å². The van der Waals surface area contributed by atoms with Crippen molar-refractivity contribution in [1.29, 1.82) is 0 Å². The van der Waals surface area contributed by atoms with Crippen LogP contribution in [0.4, 0.5) is 0 Å². The number of quaternary nitrogens is 1. The largest absolute Gasteiger partial charge is 0.756 e. The Balaban J connectivity index is 4.04. The molecule has 0 saturated carbocycles. The number of phosphoric acid groups is 1. The number of phosphoric ester groups is 1. The summed E-state index contributed by atoms with van der Waals surface area (Å²) in [6.45, 7) is 4.14. The lowest BCUT2D eigenvalue weighted by molar-refractivity contribution is -0.870. The fourth-order valence-electron chi connectivity index (χ4n) is 9.04. The van der Waals surface area contributed by atoms with Gasteiger partial charge in [0.05, 0.1) is 27.7 Å². The highest BCUT2D eigenvalue weighted by Gasteiger charge is 2.22. The highest BCUT2D eigenvalue weighted by Crippen LogP contribution is 2.38. The SMILES string of the molecule is CC/C=C\C/C=C\C/C=C\C/C=C\C/C=C\C/C=C\C/C=C\CCCCCCCCCCCCCCCCCC(=O)OC(COC(=O)CCCCCCCCCCC/C=C\CCCCCCCC)COP(=O)([O-])OCC[N+](C)(C)C. The lowest BCUT2D eigenvalue weighted by Crippen LogP contribution is -2.37. The Hall–Kier alpha value is -3.07. The van der Waals surface area contributed by atoms with E-state index in [4.69, 9.17) is 18.5 Å². The van der Waals surface area contributed by atoms with E-state index < -0.39 is 26.5 Å². The van der Waals surface area contributed by atoms with Crippen LogP contribution in [0.2, 0.25) is 0 Å². The first-order valence-electron chi connectivity index (χ1n) is 32.9. The Bertz CT molecular complexity index is 1670. The molecule has 0 aliphatic heterocycles. The van der Waals surface area contributed by atoms with Gasteiger partial charge >= 0.3 is 11.9 Å². The average Bonchev–Trinajstić information content (AvgIpc) is 3.42. The summed E-state index contributed by atoms with van der Waals surface area (Å²) in [6, 6.07) is 0. The van der Waals surface area contributed by atoms with E-state index in [-0.39, 0.29) is 32.0 Å². The number of carbonyl (C=O) groups is 2. The number of ether oxygens (including phenoxy) is 2. The number of allylic oxidation sites excluding steroid dienone is 16. The monoisotopic (exact) mass is 1140 g/mol. The summed E-state index contributed by atoms with van der Waals surface area (Å²) < 4.78 is 34.2. The van der Waals surface area contributed by atoms with Crippen molar-refractivity contribution < 1.29 is 42.1 Å². The van der Waals surface area contributed by atoms with Crippen LogP contribution in [-0.2, 0) is 32.7 Å². The number of likely N-dealkylation sites (N-methyl/N-ethyl adjacent to an activating group) is 1. The van der Waals surface area contributed by atoms with Gasteiger partial charge in [-0.25, -0.2) is 0 Å². The summed E-state index contributed by atoms with van der Waals surface area (Å²) in [5.74, 6) is -0.830. The van der Waals surface area contributed by atoms with Crippen LogP contribution in [0.3, 0.4) is 0 Å². The molecule has 0 aromatic heterocycles. The summed E-state index contributed by atoms with van der Waals surface area (Å²) >= 11 is 0. The lowest BCUT2D eigenvalue weighted by atomic mass is 10.0. The second-order valence-corrected chi connectivity index (χ2v) is 24.5. The van der Waals surface area contributed by atoms with Gasteiger partial charge in [-0.15, -0.1) is 0 Å². The van der Waals surface area contributed by atoms with E-state index in [1.54, 1.807) is 0 Å². The molecule has 0 N–H and O–H groups in total. The van der Waals surface area contributed by atoms with Crippen molar-refractivity contribution in [2.24, 2.45) is 0 Å². The molecule has 0 heterocycles. The van der Waals surface area contributed by atoms with Gasteiger partial charge in [-0.2, -0.15) is 0 Å². The van der Waals surface area contributed by atoms with Gasteiger partial charge in [0, 0.05) is 12.8 Å². The molecule has 2 atom stereocenters. The highest BCUT2D eigenvalue weighted by molar-refractivity contribution is 7.45. The molecule has 0 aromatic carbocycles. The van der Waals surface area contributed by atoms with Crippen molar-refractivity contribution in [3.8, 4) is 0 Å². The van der Waals surface area contributed by atoms with E-state index in [9.17, 15) is 19.0 Å². The fraction of sp³-hybridized carbons (Fsp3) is 0.743. The Kier molecular flexibility index (Phi) is 58.2. The smallest absolute Gasteiger partial charge is 0.306 e. The molecule has 0 aliphatic carbocycles. The van der Waals surface area contributed by atoms with Crippen molar-refractivity contribution in [2.75, 3.05) is 47.5 Å². The second kappa shape index (κ2) is 60.5. The van der Waals surface area contributed by atoms with Crippen LogP contribution in [0.1, 0.15) is 284 Å². The summed E-state index contributed by atoms with van der Waals surface area (Å²) in [6.07, 6.45) is 83.3. The third-order valence-corrected chi connectivity index (χ3v) is 15.1. The van der Waals surface area contributed by atoms with Gasteiger partial charge in [0.15, 0.2) is 6.10 Å². The Labute approximate surface area is 493 Å². The zero-order chi connectivity index (χ0) is 58.4. The normalized spacial score (nSPS) is 13.8. The minimum absolute atomic E-state index is 0.0331. The molecule has 0 aromatic rings. The summed E-state index contributed by atoms with van der Waals surface area (Å²) in [5, 5.41) is 0. The van der Waals surface area contributed by atoms with Crippen molar-refractivity contribution in [2.45, 2.75) is 290 Å². The lowest BCUT2D eigenvalue weighted by Gasteiger charge is -2.28. The van der Waals surface area contributed by atoms with Crippen LogP contribution >= 0.6 is 7.82 Å². The van der Waals surface area contributed by atoms with Crippen LogP contribution in [0.5, 0.6) is 0 Å². The third-order valence-electron chi connectivity index (χ3n) is 14.1. The summed E-state index contributed by atoms with van der Waals surface area (Å²) in [7, 11) is 1.17. The first-order valence-corrected chi connectivity index (χ1v) is 34.4. The maximum absolute atomic E-state index is 12.8. The number of nitrogens with zero attached hydrogens (tertiary/aromatic N) is 1. The maximum Gasteiger partial charge on any atom is 0.306 e. The van der Waals surface area contributed by atoms with Crippen LogP contribution in [0, 0.1) is 0 Å². The predicted octanol–water partition coefficient (Wildman–Crippen LogP) is 20.5. The van der Waals surface area contributed by atoms with E-state index in [0.29, 0.717) is 17.4 Å². The molecular weight excluding hydrogens is 1010 g/mol. The fourth-order valence-corrected chi connectivity index (χ4v) is 9.77. The maximum atomic E-state index is 12.8. The first kappa shape index (κ1) is 76.9. The van der Waals surface area contributed by atoms with Crippen molar-refractivity contribution in [3.63, 3.8) is 0 Å². The Morgan fingerprint density at radius 3 is 1.07 bits per heavy atom. The summed E-state index contributed by atoms with van der Waals surface area (Å²) in [4.78, 5) is 38.0. The van der Waals surface area contributed by atoms with E-state index in [2.05, 4.69) is 111 Å². The Morgan fingerprint density at radius 1 is 0.400 bits per heavy atom. The number of hydrogen-bond acceptors (Lipinski definition) is 8. The second-order valence-electron chi connectivity index (χ2n) is 23.1. The molecule has 0 amide bonds. The number of hydrogen-bond donors (Lipinski definition) is 0. The predicted molar refractivity (Wildman–Crippen MR) is 342 cm³/mol. The highest BCUT2D eigenvalue weighted by atomic mass is 31.2. The van der Waals surface area contributed by atoms with Crippen LogP contribution in [0.25, 0.3) is 0 Å². The number of unbranched alkanes of at least 4 members (excludes halogenated alkanes) is 30. The molecular formula is C70H124NO8P. The van der Waals surface area contributed by atoms with Crippen LogP contribution in [-0.4, -0.2) is 70.0 Å². The molecule has 0 rings (SSSR count). The van der Waals surface area contributed by atoms with Crippen LogP contribution in [0.15, 0.2) is 97.2 Å². The van der Waals surface area contributed by atoms with E-state index >= 15 is 0 Å². The van der Waals surface area contributed by atoms with Crippen molar-refractivity contribution in [1.82, 2.24) is 0 Å². The average molecular weight is 1140 g/mol. The molecule has 0 spiro atoms. The van der Waals surface area contributed by atoms with Crippen molar-refractivity contribution in [3.05, 3.63) is 97.2 Å². The summed E-state index contributed by atoms with van der Waals surface area (Å²) in [5.41, 5.74) is 0. The minimum Gasteiger partial charge on any atom is -0.756 e. The van der Waals surface area contributed by atoms with Gasteiger partial charge in [-0.1, -0.05) is 272 Å². The Morgan fingerprint density at radius 2 is 0.713 bits per heavy atom. The number of rotatable bonds is 60. The third kappa shape index (κ3) is 64.1. The number of carbonyl (C=O) groups excluding carboxylic acids is 2. The standard InChI is InChI=1S/C70H124NO8P/c1-6-8-10-12-14-16-18-20-22-24-26-27-28-29-30-31-32-33-34-35-36-37-38-39-40-41-42-43-45-47-49-51-53-55-57-59-61-63-70(73)79-68(67-78-80(74,75)77-65-64-71(3,4)5)66-76-69(72)62-60-58-56-54-52-50-48-46-44-25-23-21-19-17-15-13-11-9-7-2/h8,10,14,16,20-23,26-27,29-30,32-33,35-36,68H,6-7,9,11-13,15,17-19,24-25,28,31,34,37-67H2,1-5H3/b10-8-,16-14-,22-20-,23-21-,27-26-,30-29-,33-32-,36-35-. The van der Waals surface area contributed by atoms with E-state index in [0.717, 1.165) is 83.5 Å². The molecule has 0 radical (unpaired) electrons. The molecule has 0 saturated heterocycles. The van der Waals surface area contributed by atoms with Gasteiger partial charge in [-0.3, -0.25) is 14.2 Å². The molecule has 0 bridgehead atoms. The molecule has 2 unspecified atom stereocenters. The number of esters is 2. The molecule has 80 heavy (non-hydrogen) atoms. The first-order chi connectivity index (χ1) is 39.0. The van der Waals surface area contributed by atoms with Crippen molar-refractivity contribution >= 4 is 19.8 Å². The zero-order valence-corrected chi connectivity index (χ0v) is 53.4. The zero-order valence-electron chi connectivity index (χ0n) is 52.5. The van der Waals surface area contributed by atoms with Gasteiger partial charge in [0.1, 0.15) is 19.8 Å². The van der Waals surface area contributed by atoms with Gasteiger partial charge in [0.25, 0.3) is 7.82 Å². The van der Waals surface area contributed by atoms with Gasteiger partial charge in [0.2, 0.25) is 0 Å². The molecule has 10 heteroatoms. The molecule has 462 valence electrons. The molecule has 0 aliphatic rings. The van der Waals surface area contributed by atoms with Gasteiger partial charge < -0.3 is 27.9 Å². The topological polar surface area (TPSA) is 111 Å². The quantitative estimate of drug-likeness (QED) is 0.0195.